The zero-order valence-electron chi connectivity index (χ0n) is 13.1. The third kappa shape index (κ3) is 5.79. The van der Waals surface area contributed by atoms with Crippen molar-refractivity contribution in [2.45, 2.75) is 45.1 Å². The molecule has 1 N–H and O–H groups in total. The average molecular weight is 529 g/mol. The Balaban J connectivity index is 1.95. The molecule has 0 heterocycles. The molecule has 1 aliphatic carbocycles. The van der Waals surface area contributed by atoms with Crippen molar-refractivity contribution < 1.29 is 7.80 Å². The molecule has 1 fully saturated rings. The van der Waals surface area contributed by atoms with Crippen molar-refractivity contribution in [1.82, 2.24) is 3.53 Å². The first-order chi connectivity index (χ1) is 10.7. The maximum Gasteiger partial charge on any atom is 0.119 e. The molecular formula is C17H25I2NO2. The van der Waals surface area contributed by atoms with Gasteiger partial charge in [0.05, 0.1) is 12.7 Å². The number of benzene rings is 1. The van der Waals surface area contributed by atoms with Gasteiger partial charge in [-0.2, -0.15) is 0 Å². The van der Waals surface area contributed by atoms with E-state index in [2.05, 4.69) is 57.6 Å². The summed E-state index contributed by atoms with van der Waals surface area (Å²) in [6.45, 7) is 3.97. The van der Waals surface area contributed by atoms with Gasteiger partial charge in [-0.3, -0.25) is 3.53 Å². The van der Waals surface area contributed by atoms with Gasteiger partial charge in [0.2, 0.25) is 0 Å². The fourth-order valence-corrected chi connectivity index (χ4v) is 4.54. The number of halogens is 2. The van der Waals surface area contributed by atoms with E-state index >= 15 is 0 Å². The molecule has 5 heteroatoms. The molecule has 0 unspecified atom stereocenters. The number of ether oxygens (including phenoxy) is 1. The molecule has 0 aromatic heterocycles. The molecule has 0 aliphatic heterocycles. The first kappa shape index (κ1) is 18.7. The predicted molar refractivity (Wildman–Crippen MR) is 108 cm³/mol. The smallest absolute Gasteiger partial charge is 0.119 e. The van der Waals surface area contributed by atoms with E-state index in [-0.39, 0.29) is 6.10 Å². The van der Waals surface area contributed by atoms with Crippen LogP contribution >= 0.6 is 45.9 Å². The SMILES string of the molecule is C[C@@H](CNI)[C@@H](OI)c1cccc(OCC2CCCCC2)c1. The lowest BCUT2D eigenvalue weighted by Crippen LogP contribution is -2.19. The molecule has 2 rings (SSSR count). The van der Waals surface area contributed by atoms with Crippen molar-refractivity contribution in [2.75, 3.05) is 13.2 Å². The highest BCUT2D eigenvalue weighted by Crippen LogP contribution is 2.31. The van der Waals surface area contributed by atoms with Gasteiger partial charge in [-0.05, 0) is 36.5 Å². The number of hydrogen-bond donors (Lipinski definition) is 1. The molecule has 0 spiro atoms. The summed E-state index contributed by atoms with van der Waals surface area (Å²) in [4.78, 5) is 0. The quantitative estimate of drug-likeness (QED) is 0.350. The van der Waals surface area contributed by atoms with E-state index in [0.29, 0.717) is 5.92 Å². The molecule has 0 bridgehead atoms. The van der Waals surface area contributed by atoms with Gasteiger partial charge < -0.3 is 7.80 Å². The Labute approximate surface area is 162 Å². The monoisotopic (exact) mass is 529 g/mol. The summed E-state index contributed by atoms with van der Waals surface area (Å²) >= 11 is 4.19. The van der Waals surface area contributed by atoms with Crippen molar-refractivity contribution in [3.05, 3.63) is 29.8 Å². The van der Waals surface area contributed by atoms with E-state index in [4.69, 9.17) is 7.80 Å². The molecule has 1 aliphatic rings. The van der Waals surface area contributed by atoms with Gasteiger partial charge in [-0.15, -0.1) is 0 Å². The topological polar surface area (TPSA) is 30.5 Å². The summed E-state index contributed by atoms with van der Waals surface area (Å²) < 4.78 is 14.9. The van der Waals surface area contributed by atoms with Gasteiger partial charge in [0.1, 0.15) is 28.8 Å². The van der Waals surface area contributed by atoms with Crippen molar-refractivity contribution in [2.24, 2.45) is 11.8 Å². The highest BCUT2D eigenvalue weighted by atomic mass is 127. The van der Waals surface area contributed by atoms with E-state index in [1.54, 1.807) is 0 Å². The van der Waals surface area contributed by atoms with Gasteiger partial charge in [-0.1, -0.05) is 38.3 Å². The third-order valence-corrected chi connectivity index (χ3v) is 5.40. The normalized spacial score (nSPS) is 18.9. The van der Waals surface area contributed by atoms with Gasteiger partial charge >= 0.3 is 0 Å². The van der Waals surface area contributed by atoms with E-state index in [1.165, 1.54) is 37.7 Å². The fourth-order valence-electron chi connectivity index (χ4n) is 3.05. The van der Waals surface area contributed by atoms with Gasteiger partial charge in [0.15, 0.2) is 0 Å². The van der Waals surface area contributed by atoms with Gasteiger partial charge in [0.25, 0.3) is 0 Å². The molecule has 0 amide bonds. The summed E-state index contributed by atoms with van der Waals surface area (Å²) in [6, 6.07) is 8.38. The second-order valence-corrected chi connectivity index (χ2v) is 7.48. The van der Waals surface area contributed by atoms with Crippen LogP contribution in [0.5, 0.6) is 5.75 Å². The van der Waals surface area contributed by atoms with Gasteiger partial charge in [-0.25, -0.2) is 0 Å². The van der Waals surface area contributed by atoms with Crippen molar-refractivity contribution in [1.29, 1.82) is 0 Å². The Morgan fingerprint density at radius 3 is 2.73 bits per heavy atom. The van der Waals surface area contributed by atoms with Crippen molar-refractivity contribution in [3.63, 3.8) is 0 Å². The Kier molecular flexibility index (Phi) is 8.77. The number of nitrogens with one attached hydrogen (secondary N) is 1. The van der Waals surface area contributed by atoms with Crippen LogP contribution in [0.25, 0.3) is 0 Å². The molecule has 0 radical (unpaired) electrons. The van der Waals surface area contributed by atoms with E-state index in [1.807, 2.05) is 23.0 Å². The highest BCUT2D eigenvalue weighted by molar-refractivity contribution is 14.1. The molecule has 1 aromatic carbocycles. The standard InChI is InChI=1S/C17H25I2NO2/c1-13(11-20-18)17(22-19)15-8-5-9-16(10-15)21-12-14-6-3-2-4-7-14/h5,8-10,13-14,17,20H,2-4,6-7,11-12H2,1H3/t13-,17+/m0/s1. The third-order valence-electron chi connectivity index (χ3n) is 4.41. The molecule has 3 nitrogen and oxygen atoms in total. The lowest BCUT2D eigenvalue weighted by Gasteiger charge is -2.23. The van der Waals surface area contributed by atoms with Crippen LogP contribution in [0, 0.1) is 11.8 Å². The van der Waals surface area contributed by atoms with E-state index in [9.17, 15) is 0 Å². The minimum Gasteiger partial charge on any atom is -0.493 e. The van der Waals surface area contributed by atoms with Gasteiger partial charge in [0, 0.05) is 35.3 Å². The Morgan fingerprint density at radius 2 is 2.05 bits per heavy atom. The Hall–Kier alpha value is 0.400. The maximum absolute atomic E-state index is 6.05. The predicted octanol–water partition coefficient (Wildman–Crippen LogP) is 5.63. The van der Waals surface area contributed by atoms with Crippen LogP contribution in [0.1, 0.15) is 50.7 Å². The Bertz CT molecular complexity index is 438. The summed E-state index contributed by atoms with van der Waals surface area (Å²) in [6.07, 6.45) is 6.83. The molecule has 22 heavy (non-hydrogen) atoms. The van der Waals surface area contributed by atoms with Crippen LogP contribution < -0.4 is 8.27 Å². The highest BCUT2D eigenvalue weighted by Gasteiger charge is 2.20. The molecule has 1 aromatic rings. The summed E-state index contributed by atoms with van der Waals surface area (Å²) in [5.74, 6) is 2.11. The minimum absolute atomic E-state index is 0.0843. The zero-order chi connectivity index (χ0) is 15.8. The summed E-state index contributed by atoms with van der Waals surface area (Å²) in [7, 11) is 0. The molecule has 2 atom stereocenters. The second-order valence-electron chi connectivity index (χ2n) is 6.21. The summed E-state index contributed by atoms with van der Waals surface area (Å²) in [5, 5.41) is 0. The van der Waals surface area contributed by atoms with E-state index < -0.39 is 0 Å². The molecule has 124 valence electrons. The average Bonchev–Trinajstić information content (AvgIpc) is 2.55. The van der Waals surface area contributed by atoms with E-state index in [0.717, 1.165) is 24.8 Å². The lowest BCUT2D eigenvalue weighted by atomic mass is 9.90. The first-order valence-corrected chi connectivity index (χ1v) is 10.0. The largest absolute Gasteiger partial charge is 0.493 e. The molecular weight excluding hydrogens is 504 g/mol. The maximum atomic E-state index is 6.05. The van der Waals surface area contributed by atoms with Crippen LogP contribution in [-0.4, -0.2) is 13.2 Å². The lowest BCUT2D eigenvalue weighted by molar-refractivity contribution is 0.201. The van der Waals surface area contributed by atoms with Crippen LogP contribution in [0.2, 0.25) is 0 Å². The molecule has 0 saturated heterocycles. The summed E-state index contributed by atoms with van der Waals surface area (Å²) in [5.41, 5.74) is 1.19. The molecule has 1 saturated carbocycles. The van der Waals surface area contributed by atoms with Crippen molar-refractivity contribution >= 4 is 45.9 Å². The van der Waals surface area contributed by atoms with Crippen molar-refractivity contribution in [3.8, 4) is 5.75 Å². The van der Waals surface area contributed by atoms with Crippen LogP contribution in [-0.2, 0) is 3.07 Å². The minimum atomic E-state index is 0.0843. The number of hydrogen-bond acceptors (Lipinski definition) is 3. The first-order valence-electron chi connectivity index (χ1n) is 8.08. The van der Waals surface area contributed by atoms with Crippen LogP contribution in [0.15, 0.2) is 24.3 Å². The second kappa shape index (κ2) is 10.3. The number of rotatable bonds is 8. The van der Waals surface area contributed by atoms with Crippen LogP contribution in [0.4, 0.5) is 0 Å². The Morgan fingerprint density at radius 1 is 1.27 bits per heavy atom. The fraction of sp³-hybridized carbons (Fsp3) is 0.647. The zero-order valence-corrected chi connectivity index (χ0v) is 17.4. The van der Waals surface area contributed by atoms with Crippen LogP contribution in [0.3, 0.4) is 0 Å².